The summed E-state index contributed by atoms with van der Waals surface area (Å²) in [5.41, 5.74) is 0.107. The first kappa shape index (κ1) is 19.6. The summed E-state index contributed by atoms with van der Waals surface area (Å²) in [6.07, 6.45) is 1.02. The summed E-state index contributed by atoms with van der Waals surface area (Å²) in [7, 11) is 0. The molecule has 0 N–H and O–H groups in total. The second-order valence-corrected chi connectivity index (χ2v) is 8.10. The average molecular weight is 456 g/mol. The van der Waals surface area contributed by atoms with Gasteiger partial charge in [0.2, 0.25) is 5.28 Å². The molecule has 27 heavy (non-hydrogen) atoms. The van der Waals surface area contributed by atoms with Crippen molar-refractivity contribution in [3.8, 4) is 0 Å². The summed E-state index contributed by atoms with van der Waals surface area (Å²) in [5, 5.41) is 4.03. The highest BCUT2D eigenvalue weighted by Crippen LogP contribution is 2.28. The van der Waals surface area contributed by atoms with E-state index in [1.807, 2.05) is 0 Å². The zero-order valence-corrected chi connectivity index (χ0v) is 17.3. The molecule has 0 bridgehead atoms. The van der Waals surface area contributed by atoms with E-state index in [9.17, 15) is 9.18 Å². The maximum atomic E-state index is 14.2. The van der Waals surface area contributed by atoms with Gasteiger partial charge in [-0.05, 0) is 60.4 Å². The first-order valence-electron chi connectivity index (χ1n) is 8.09. The van der Waals surface area contributed by atoms with Crippen LogP contribution in [0.1, 0.15) is 26.3 Å². The van der Waals surface area contributed by atoms with Crippen molar-refractivity contribution >= 4 is 45.0 Å². The van der Waals surface area contributed by atoms with Crippen molar-refractivity contribution in [2.75, 3.05) is 4.90 Å². The van der Waals surface area contributed by atoms with Gasteiger partial charge < -0.3 is 4.74 Å². The van der Waals surface area contributed by atoms with Gasteiger partial charge in [-0.3, -0.25) is 4.90 Å². The molecule has 0 aliphatic heterocycles. The third-order valence-corrected chi connectivity index (χ3v) is 4.13. The van der Waals surface area contributed by atoms with Gasteiger partial charge in [-0.2, -0.15) is 4.98 Å². The largest absolute Gasteiger partial charge is 0.443 e. The standard InChI is InChI=1S/C18H17BrClFN4O2/c1-18(2,3)27-17(26)24(9-11-6-4-5-7-13(11)21)15-14-8-12(19)10-25(14)23-16(20)22-15/h4-8,10H,9H2,1-3H3. The predicted molar refractivity (Wildman–Crippen MR) is 105 cm³/mol. The average Bonchev–Trinajstić information content (AvgIpc) is 2.91. The lowest BCUT2D eigenvalue weighted by Gasteiger charge is -2.27. The van der Waals surface area contributed by atoms with E-state index in [-0.39, 0.29) is 17.6 Å². The Morgan fingerprint density at radius 3 is 2.74 bits per heavy atom. The lowest BCUT2D eigenvalue weighted by Crippen LogP contribution is -2.37. The summed E-state index contributed by atoms with van der Waals surface area (Å²) in [5.74, 6) is -0.211. The van der Waals surface area contributed by atoms with Gasteiger partial charge in [-0.25, -0.2) is 13.7 Å². The van der Waals surface area contributed by atoms with Crippen LogP contribution >= 0.6 is 27.5 Å². The highest BCUT2D eigenvalue weighted by Gasteiger charge is 2.28. The normalized spacial score (nSPS) is 11.6. The highest BCUT2D eigenvalue weighted by atomic mass is 79.9. The van der Waals surface area contributed by atoms with Crippen molar-refractivity contribution in [2.45, 2.75) is 32.9 Å². The van der Waals surface area contributed by atoms with Crippen LogP contribution in [0.4, 0.5) is 15.0 Å². The maximum Gasteiger partial charge on any atom is 0.416 e. The molecule has 0 aliphatic rings. The number of benzene rings is 1. The van der Waals surface area contributed by atoms with E-state index in [1.54, 1.807) is 51.2 Å². The number of hydrogen-bond donors (Lipinski definition) is 0. The minimum atomic E-state index is -0.736. The third kappa shape index (κ3) is 4.56. The first-order chi connectivity index (χ1) is 12.6. The zero-order valence-electron chi connectivity index (χ0n) is 14.9. The van der Waals surface area contributed by atoms with Crippen LogP contribution in [0, 0.1) is 5.82 Å². The SMILES string of the molecule is CC(C)(C)OC(=O)N(Cc1ccccc1F)c1nc(Cl)nn2cc(Br)cc12. The number of anilines is 1. The van der Waals surface area contributed by atoms with Gasteiger partial charge in [0.15, 0.2) is 5.82 Å². The number of fused-ring (bicyclic) bond motifs is 1. The van der Waals surface area contributed by atoms with Crippen LogP contribution in [0.25, 0.3) is 5.52 Å². The number of halogens is 3. The Kier molecular flexibility index (Phi) is 5.39. The number of nitrogens with zero attached hydrogens (tertiary/aromatic N) is 4. The molecule has 0 saturated carbocycles. The number of hydrogen-bond acceptors (Lipinski definition) is 4. The van der Waals surface area contributed by atoms with E-state index in [2.05, 4.69) is 26.0 Å². The topological polar surface area (TPSA) is 59.7 Å². The van der Waals surface area contributed by atoms with Gasteiger partial charge in [-0.1, -0.05) is 18.2 Å². The van der Waals surface area contributed by atoms with Gasteiger partial charge in [0.1, 0.15) is 16.9 Å². The molecule has 0 aliphatic carbocycles. The zero-order chi connectivity index (χ0) is 19.8. The van der Waals surface area contributed by atoms with Crippen molar-refractivity contribution in [3.63, 3.8) is 0 Å². The molecule has 0 atom stereocenters. The Morgan fingerprint density at radius 1 is 1.37 bits per heavy atom. The van der Waals surface area contributed by atoms with Gasteiger partial charge in [0.25, 0.3) is 0 Å². The summed E-state index contributed by atoms with van der Waals surface area (Å²) < 4.78 is 21.9. The van der Waals surface area contributed by atoms with Gasteiger partial charge in [0, 0.05) is 16.2 Å². The summed E-state index contributed by atoms with van der Waals surface area (Å²) in [4.78, 5) is 18.3. The van der Waals surface area contributed by atoms with E-state index >= 15 is 0 Å². The predicted octanol–water partition coefficient (Wildman–Crippen LogP) is 5.23. The van der Waals surface area contributed by atoms with Crippen LogP contribution < -0.4 is 4.90 Å². The van der Waals surface area contributed by atoms with Crippen molar-refractivity contribution in [1.29, 1.82) is 0 Å². The van der Waals surface area contributed by atoms with Crippen LogP contribution in [-0.2, 0) is 11.3 Å². The second-order valence-electron chi connectivity index (χ2n) is 6.85. The second kappa shape index (κ2) is 7.44. The van der Waals surface area contributed by atoms with Gasteiger partial charge >= 0.3 is 6.09 Å². The molecule has 2 heterocycles. The molecule has 0 unspecified atom stereocenters. The van der Waals surface area contributed by atoms with Crippen molar-refractivity contribution in [1.82, 2.24) is 14.6 Å². The van der Waals surface area contributed by atoms with Crippen molar-refractivity contribution in [3.05, 3.63) is 57.7 Å². The fourth-order valence-corrected chi connectivity index (χ4v) is 3.04. The van der Waals surface area contributed by atoms with E-state index in [0.717, 1.165) is 4.47 Å². The third-order valence-electron chi connectivity index (χ3n) is 3.54. The monoisotopic (exact) mass is 454 g/mol. The number of carbonyl (C=O) groups excluding carboxylic acids is 1. The molecule has 3 rings (SSSR count). The Morgan fingerprint density at radius 2 is 2.07 bits per heavy atom. The van der Waals surface area contributed by atoms with E-state index < -0.39 is 17.5 Å². The molecule has 0 fully saturated rings. The molecule has 142 valence electrons. The highest BCUT2D eigenvalue weighted by molar-refractivity contribution is 9.10. The van der Waals surface area contributed by atoms with E-state index in [4.69, 9.17) is 16.3 Å². The Balaban J connectivity index is 2.12. The summed E-state index contributed by atoms with van der Waals surface area (Å²) >= 11 is 9.41. The number of ether oxygens (including phenoxy) is 1. The molecular weight excluding hydrogens is 439 g/mol. The molecule has 1 aromatic carbocycles. The lowest BCUT2D eigenvalue weighted by molar-refractivity contribution is 0.0576. The molecule has 0 radical (unpaired) electrons. The number of aromatic nitrogens is 3. The Hall–Kier alpha value is -2.19. The van der Waals surface area contributed by atoms with Crippen LogP contribution in [0.2, 0.25) is 5.28 Å². The molecule has 9 heteroatoms. The fourth-order valence-electron chi connectivity index (χ4n) is 2.46. The molecule has 6 nitrogen and oxygen atoms in total. The summed E-state index contributed by atoms with van der Waals surface area (Å²) in [6.45, 7) is 5.18. The molecular formula is C18H17BrClFN4O2. The summed E-state index contributed by atoms with van der Waals surface area (Å²) in [6, 6.07) is 7.95. The Labute approximate surface area is 169 Å². The quantitative estimate of drug-likeness (QED) is 0.543. The maximum absolute atomic E-state index is 14.2. The van der Waals surface area contributed by atoms with Crippen LogP contribution in [0.5, 0.6) is 0 Å². The number of rotatable bonds is 3. The molecule has 2 aromatic heterocycles. The van der Waals surface area contributed by atoms with E-state index in [1.165, 1.54) is 15.5 Å². The van der Waals surface area contributed by atoms with Gasteiger partial charge in [0.05, 0.1) is 6.54 Å². The number of amides is 1. The smallest absolute Gasteiger partial charge is 0.416 e. The molecule has 1 amide bonds. The molecule has 3 aromatic rings. The van der Waals surface area contributed by atoms with Gasteiger partial charge in [-0.15, -0.1) is 5.10 Å². The van der Waals surface area contributed by atoms with Crippen LogP contribution in [0.3, 0.4) is 0 Å². The molecule has 0 spiro atoms. The van der Waals surface area contributed by atoms with Crippen LogP contribution in [-0.4, -0.2) is 26.3 Å². The minimum absolute atomic E-state index is 0.0531. The van der Waals surface area contributed by atoms with Crippen molar-refractivity contribution < 1.29 is 13.9 Å². The van der Waals surface area contributed by atoms with E-state index in [0.29, 0.717) is 11.1 Å². The molecule has 0 saturated heterocycles. The van der Waals surface area contributed by atoms with Crippen LogP contribution in [0.15, 0.2) is 41.0 Å². The lowest BCUT2D eigenvalue weighted by atomic mass is 10.2. The van der Waals surface area contributed by atoms with Crippen molar-refractivity contribution in [2.24, 2.45) is 0 Å². The first-order valence-corrected chi connectivity index (χ1v) is 9.26. The minimum Gasteiger partial charge on any atom is -0.443 e. The fraction of sp³-hybridized carbons (Fsp3) is 0.278. The number of carbonyl (C=O) groups is 1. The Bertz CT molecular complexity index is 1000.